The third kappa shape index (κ3) is 5.52. The molecule has 1 fully saturated rings. The molecule has 0 atom stereocenters. The number of methoxy groups -OCH3 is 1. The monoisotopic (exact) mass is 368 g/mol. The molecule has 3 rings (SSSR count). The summed E-state index contributed by atoms with van der Waals surface area (Å²) in [5, 5.41) is 5.78. The molecule has 142 valence electrons. The lowest BCUT2D eigenvalue weighted by molar-refractivity contribution is 0.0600. The second-order valence-electron chi connectivity index (χ2n) is 6.54. The van der Waals surface area contributed by atoms with E-state index in [0.29, 0.717) is 11.3 Å². The number of anilines is 1. The summed E-state index contributed by atoms with van der Waals surface area (Å²) in [4.78, 5) is 30.5. The molecule has 0 aliphatic carbocycles. The van der Waals surface area contributed by atoms with E-state index >= 15 is 0 Å². The molecule has 2 heterocycles. The van der Waals surface area contributed by atoms with Gasteiger partial charge >= 0.3 is 12.0 Å². The molecule has 2 amide bonds. The maximum absolute atomic E-state index is 12.2. The minimum absolute atomic E-state index is 0.133. The van der Waals surface area contributed by atoms with Crippen LogP contribution in [0.2, 0.25) is 0 Å². The standard InChI is InChI=1S/C20H24N4O3/c1-27-19(25)15-5-4-7-17(13-15)23-20(26)22-16-8-11-24(12-9-16)14-18-6-2-3-10-21-18/h2-7,10,13,16H,8-9,11-12,14H2,1H3,(H2,22,23,26). The Kier molecular flexibility index (Phi) is 6.38. The number of hydrogen-bond acceptors (Lipinski definition) is 5. The third-order valence-electron chi connectivity index (χ3n) is 4.58. The molecule has 0 saturated carbocycles. The number of carbonyl (C=O) groups is 2. The van der Waals surface area contributed by atoms with Crippen molar-refractivity contribution >= 4 is 17.7 Å². The minimum Gasteiger partial charge on any atom is -0.465 e. The van der Waals surface area contributed by atoms with Crippen molar-refractivity contribution in [2.24, 2.45) is 0 Å². The van der Waals surface area contributed by atoms with Crippen LogP contribution in [0.1, 0.15) is 28.9 Å². The first kappa shape index (κ1) is 18.8. The van der Waals surface area contributed by atoms with Crippen LogP contribution >= 0.6 is 0 Å². The van der Waals surface area contributed by atoms with E-state index < -0.39 is 5.97 Å². The van der Waals surface area contributed by atoms with E-state index in [0.717, 1.165) is 38.2 Å². The molecular weight excluding hydrogens is 344 g/mol. The lowest BCUT2D eigenvalue weighted by Gasteiger charge is -2.32. The number of esters is 1. The van der Waals surface area contributed by atoms with Crippen molar-refractivity contribution in [1.82, 2.24) is 15.2 Å². The summed E-state index contributed by atoms with van der Waals surface area (Å²) in [6.07, 6.45) is 3.59. The fourth-order valence-electron chi connectivity index (χ4n) is 3.15. The highest BCUT2D eigenvalue weighted by atomic mass is 16.5. The Hall–Kier alpha value is -2.93. The van der Waals surface area contributed by atoms with Gasteiger partial charge in [-0.15, -0.1) is 0 Å². The van der Waals surface area contributed by atoms with Gasteiger partial charge in [-0.2, -0.15) is 0 Å². The molecule has 0 spiro atoms. The molecule has 0 unspecified atom stereocenters. The van der Waals surface area contributed by atoms with Crippen LogP contribution in [0, 0.1) is 0 Å². The van der Waals surface area contributed by atoms with Crippen LogP contribution in [0.4, 0.5) is 10.5 Å². The Morgan fingerprint density at radius 2 is 2.00 bits per heavy atom. The smallest absolute Gasteiger partial charge is 0.337 e. The first-order valence-electron chi connectivity index (χ1n) is 9.02. The minimum atomic E-state index is -0.431. The molecule has 2 N–H and O–H groups in total. The van der Waals surface area contributed by atoms with Gasteiger partial charge in [0.2, 0.25) is 0 Å². The molecule has 1 aromatic carbocycles. The second kappa shape index (κ2) is 9.14. The van der Waals surface area contributed by atoms with Crippen molar-refractivity contribution in [3.8, 4) is 0 Å². The van der Waals surface area contributed by atoms with Gasteiger partial charge in [-0.25, -0.2) is 9.59 Å². The first-order chi connectivity index (χ1) is 13.1. The average Bonchev–Trinajstić information content (AvgIpc) is 2.70. The number of amides is 2. The summed E-state index contributed by atoms with van der Waals surface area (Å²) in [6, 6.07) is 12.5. The van der Waals surface area contributed by atoms with Crippen molar-refractivity contribution in [3.63, 3.8) is 0 Å². The number of aromatic nitrogens is 1. The summed E-state index contributed by atoms with van der Waals surface area (Å²) in [5.74, 6) is -0.431. The fourth-order valence-corrected chi connectivity index (χ4v) is 3.15. The average molecular weight is 368 g/mol. The Balaban J connectivity index is 1.45. The molecule has 27 heavy (non-hydrogen) atoms. The zero-order valence-corrected chi connectivity index (χ0v) is 15.4. The van der Waals surface area contributed by atoms with Gasteiger partial charge in [0.05, 0.1) is 18.4 Å². The molecule has 7 nitrogen and oxygen atoms in total. The molecule has 7 heteroatoms. The molecule has 0 radical (unpaired) electrons. The largest absolute Gasteiger partial charge is 0.465 e. The zero-order valence-electron chi connectivity index (χ0n) is 15.4. The Labute approximate surface area is 158 Å². The van der Waals surface area contributed by atoms with E-state index in [1.54, 1.807) is 24.3 Å². The highest BCUT2D eigenvalue weighted by molar-refractivity contribution is 5.93. The molecule has 0 bridgehead atoms. The highest BCUT2D eigenvalue weighted by Gasteiger charge is 2.21. The number of nitrogens with one attached hydrogen (secondary N) is 2. The van der Waals surface area contributed by atoms with Gasteiger partial charge in [0.1, 0.15) is 0 Å². The fraction of sp³-hybridized carbons (Fsp3) is 0.350. The number of benzene rings is 1. The van der Waals surface area contributed by atoms with Crippen LogP contribution in [-0.2, 0) is 11.3 Å². The van der Waals surface area contributed by atoms with Crippen LogP contribution in [-0.4, -0.2) is 48.1 Å². The van der Waals surface area contributed by atoms with E-state index in [1.807, 2.05) is 24.4 Å². The summed E-state index contributed by atoms with van der Waals surface area (Å²) >= 11 is 0. The van der Waals surface area contributed by atoms with Crippen molar-refractivity contribution in [1.29, 1.82) is 0 Å². The zero-order chi connectivity index (χ0) is 19.1. The lowest BCUT2D eigenvalue weighted by atomic mass is 10.1. The maximum atomic E-state index is 12.2. The van der Waals surface area contributed by atoms with E-state index in [4.69, 9.17) is 4.74 Å². The van der Waals surface area contributed by atoms with Crippen LogP contribution in [0.5, 0.6) is 0 Å². The first-order valence-corrected chi connectivity index (χ1v) is 9.02. The third-order valence-corrected chi connectivity index (χ3v) is 4.58. The number of piperidine rings is 1. The predicted molar refractivity (Wildman–Crippen MR) is 102 cm³/mol. The topological polar surface area (TPSA) is 83.6 Å². The van der Waals surface area contributed by atoms with Crippen molar-refractivity contribution in [3.05, 3.63) is 59.9 Å². The van der Waals surface area contributed by atoms with Gasteiger partial charge < -0.3 is 15.4 Å². The van der Waals surface area contributed by atoms with Crippen LogP contribution < -0.4 is 10.6 Å². The van der Waals surface area contributed by atoms with Crippen LogP contribution in [0.3, 0.4) is 0 Å². The maximum Gasteiger partial charge on any atom is 0.337 e. The molecule has 1 saturated heterocycles. The molecule has 2 aromatic rings. The molecule has 1 aliphatic heterocycles. The summed E-state index contributed by atoms with van der Waals surface area (Å²) < 4.78 is 4.69. The van der Waals surface area contributed by atoms with E-state index in [1.165, 1.54) is 7.11 Å². The van der Waals surface area contributed by atoms with Crippen molar-refractivity contribution in [2.75, 3.05) is 25.5 Å². The predicted octanol–water partition coefficient (Wildman–Crippen LogP) is 2.65. The SMILES string of the molecule is COC(=O)c1cccc(NC(=O)NC2CCN(Cc3ccccn3)CC2)c1. The van der Waals surface area contributed by atoms with Gasteiger partial charge in [-0.1, -0.05) is 12.1 Å². The summed E-state index contributed by atoms with van der Waals surface area (Å²) in [6.45, 7) is 2.67. The number of nitrogens with zero attached hydrogens (tertiary/aromatic N) is 2. The Morgan fingerprint density at radius 1 is 1.19 bits per heavy atom. The summed E-state index contributed by atoms with van der Waals surface area (Å²) in [7, 11) is 1.33. The number of likely N-dealkylation sites (tertiary alicyclic amines) is 1. The second-order valence-corrected chi connectivity index (χ2v) is 6.54. The number of pyridine rings is 1. The number of hydrogen-bond donors (Lipinski definition) is 2. The van der Waals surface area contributed by atoms with E-state index in [9.17, 15) is 9.59 Å². The summed E-state index contributed by atoms with van der Waals surface area (Å²) in [5.41, 5.74) is 2.02. The Morgan fingerprint density at radius 3 is 2.70 bits per heavy atom. The molecule has 1 aliphatic rings. The van der Waals surface area contributed by atoms with Crippen LogP contribution in [0.15, 0.2) is 48.7 Å². The van der Waals surface area contributed by atoms with Gasteiger partial charge in [0.15, 0.2) is 0 Å². The number of carbonyl (C=O) groups excluding carboxylic acids is 2. The number of rotatable bonds is 5. The van der Waals surface area contributed by atoms with E-state index in [-0.39, 0.29) is 12.1 Å². The van der Waals surface area contributed by atoms with E-state index in [2.05, 4.69) is 20.5 Å². The quantitative estimate of drug-likeness (QED) is 0.793. The van der Waals surface area contributed by atoms with Crippen LogP contribution in [0.25, 0.3) is 0 Å². The number of urea groups is 1. The number of ether oxygens (including phenoxy) is 1. The molecular formula is C20H24N4O3. The van der Waals surface area contributed by atoms with Gasteiger partial charge in [-0.3, -0.25) is 9.88 Å². The molecule has 1 aromatic heterocycles. The highest BCUT2D eigenvalue weighted by Crippen LogP contribution is 2.14. The Bertz CT molecular complexity index is 774. The van der Waals surface area contributed by atoms with Gasteiger partial charge in [-0.05, 0) is 43.2 Å². The lowest BCUT2D eigenvalue weighted by Crippen LogP contribution is -2.45. The van der Waals surface area contributed by atoms with Gasteiger partial charge in [0.25, 0.3) is 0 Å². The van der Waals surface area contributed by atoms with Crippen molar-refractivity contribution in [2.45, 2.75) is 25.4 Å². The normalized spacial score (nSPS) is 15.1. The van der Waals surface area contributed by atoms with Gasteiger partial charge in [0, 0.05) is 37.6 Å². The van der Waals surface area contributed by atoms with Crippen molar-refractivity contribution < 1.29 is 14.3 Å².